The lowest BCUT2D eigenvalue weighted by Gasteiger charge is -2.24. The van der Waals surface area contributed by atoms with E-state index in [0.29, 0.717) is 27.8 Å². The quantitative estimate of drug-likeness (QED) is 0.210. The topological polar surface area (TPSA) is 146 Å². The molecule has 2 aromatic carbocycles. The Morgan fingerprint density at radius 2 is 1.78 bits per heavy atom. The molecule has 1 aliphatic rings. The molecule has 0 radical (unpaired) electrons. The molecule has 13 heteroatoms. The summed E-state index contributed by atoms with van der Waals surface area (Å²) in [6.07, 6.45) is 5.68. The van der Waals surface area contributed by atoms with E-state index in [4.69, 9.17) is 0 Å². The molecule has 0 saturated heterocycles. The summed E-state index contributed by atoms with van der Waals surface area (Å²) in [7, 11) is -2.43. The molecule has 2 amide bonds. The number of rotatable bonds is 10. The molecule has 3 aromatic heterocycles. The summed E-state index contributed by atoms with van der Waals surface area (Å²) < 4.78 is 42.2. The van der Waals surface area contributed by atoms with Crippen LogP contribution in [0.15, 0.2) is 85.2 Å². The number of amides is 2. The molecular formula is C33H31FN6O5S. The number of benzene rings is 2. The molecule has 3 N–H and O–H groups in total. The normalized spacial score (nSPS) is 13.7. The fraction of sp³-hybridized carbons (Fsp3) is 0.212. The van der Waals surface area contributed by atoms with Crippen LogP contribution >= 0.6 is 0 Å². The smallest absolute Gasteiger partial charge is 0.255 e. The summed E-state index contributed by atoms with van der Waals surface area (Å²) in [5, 5.41) is 20.2. The molecular weight excluding hydrogens is 611 g/mol. The lowest BCUT2D eigenvalue weighted by Crippen LogP contribution is -2.35. The third kappa shape index (κ3) is 5.82. The highest BCUT2D eigenvalue weighted by atomic mass is 32.2. The van der Waals surface area contributed by atoms with E-state index in [0.717, 1.165) is 29.1 Å². The molecule has 0 bridgehead atoms. The van der Waals surface area contributed by atoms with E-state index in [1.165, 1.54) is 42.0 Å². The number of carbonyl (C=O) groups excluding carboxylic acids is 2. The molecule has 5 aromatic rings. The van der Waals surface area contributed by atoms with Gasteiger partial charge >= 0.3 is 0 Å². The van der Waals surface area contributed by atoms with Crippen LogP contribution in [0, 0.1) is 5.82 Å². The maximum absolute atomic E-state index is 13.7. The minimum absolute atomic E-state index is 0.172. The highest BCUT2D eigenvalue weighted by Crippen LogP contribution is 2.45. The number of pyridine rings is 2. The van der Waals surface area contributed by atoms with Crippen molar-refractivity contribution >= 4 is 33.0 Å². The van der Waals surface area contributed by atoms with Crippen molar-refractivity contribution in [2.75, 3.05) is 30.8 Å². The van der Waals surface area contributed by atoms with Crippen molar-refractivity contribution in [3.8, 4) is 22.4 Å². The maximum Gasteiger partial charge on any atom is 0.255 e. The number of carbonyl (C=O) groups is 2. The van der Waals surface area contributed by atoms with Crippen molar-refractivity contribution < 1.29 is 27.5 Å². The van der Waals surface area contributed by atoms with Crippen LogP contribution in [0.25, 0.3) is 27.9 Å². The molecule has 46 heavy (non-hydrogen) atoms. The number of halogens is 1. The van der Waals surface area contributed by atoms with Gasteiger partial charge in [0.05, 0.1) is 53.6 Å². The first kappa shape index (κ1) is 30.9. The van der Waals surface area contributed by atoms with Gasteiger partial charge in [-0.05, 0) is 73.0 Å². The molecule has 0 atom stereocenters. The molecule has 0 unspecified atom stereocenters. The monoisotopic (exact) mass is 642 g/mol. The molecule has 1 saturated carbocycles. The van der Waals surface area contributed by atoms with Gasteiger partial charge in [-0.25, -0.2) is 17.3 Å². The predicted molar refractivity (Wildman–Crippen MR) is 171 cm³/mol. The third-order valence-electron chi connectivity index (χ3n) is 7.99. The second-order valence-corrected chi connectivity index (χ2v) is 13.0. The number of hydrogen-bond donors (Lipinski definition) is 3. The van der Waals surface area contributed by atoms with Crippen molar-refractivity contribution in [2.45, 2.75) is 18.4 Å². The fourth-order valence-electron chi connectivity index (χ4n) is 5.56. The van der Waals surface area contributed by atoms with Crippen molar-refractivity contribution in [3.63, 3.8) is 0 Å². The Hall–Kier alpha value is -5.14. The molecule has 1 aliphatic carbocycles. The van der Waals surface area contributed by atoms with Gasteiger partial charge in [-0.15, -0.1) is 0 Å². The Bertz CT molecular complexity index is 2060. The highest BCUT2D eigenvalue weighted by Gasteiger charge is 2.47. The second kappa shape index (κ2) is 12.0. The number of aromatic nitrogens is 3. The van der Waals surface area contributed by atoms with Gasteiger partial charge in [0.2, 0.25) is 10.0 Å². The Labute approximate surface area is 264 Å². The zero-order valence-electron chi connectivity index (χ0n) is 25.1. The Balaban J connectivity index is 1.52. The van der Waals surface area contributed by atoms with Crippen molar-refractivity contribution in [3.05, 3.63) is 108 Å². The Morgan fingerprint density at radius 1 is 1.02 bits per heavy atom. The van der Waals surface area contributed by atoms with Crippen molar-refractivity contribution in [1.82, 2.24) is 25.2 Å². The summed E-state index contributed by atoms with van der Waals surface area (Å²) in [6.45, 7) is -0.718. The zero-order valence-corrected chi connectivity index (χ0v) is 25.9. The van der Waals surface area contributed by atoms with Crippen LogP contribution in [0.4, 0.5) is 10.1 Å². The molecule has 3 heterocycles. The van der Waals surface area contributed by atoms with Crippen LogP contribution in [-0.4, -0.2) is 66.4 Å². The van der Waals surface area contributed by atoms with Gasteiger partial charge in [-0.3, -0.25) is 18.9 Å². The van der Waals surface area contributed by atoms with Gasteiger partial charge in [0, 0.05) is 29.9 Å². The van der Waals surface area contributed by atoms with Crippen molar-refractivity contribution in [2.24, 2.45) is 0 Å². The van der Waals surface area contributed by atoms with Gasteiger partial charge in [0.1, 0.15) is 11.5 Å². The minimum Gasteiger partial charge on any atom is -0.394 e. The number of anilines is 1. The van der Waals surface area contributed by atoms with Gasteiger partial charge < -0.3 is 15.7 Å². The van der Waals surface area contributed by atoms with Crippen LogP contribution in [-0.2, 0) is 15.6 Å². The average Bonchev–Trinajstić information content (AvgIpc) is 3.74. The van der Waals surface area contributed by atoms with E-state index < -0.39 is 33.9 Å². The second-order valence-electron chi connectivity index (χ2n) is 11.1. The van der Waals surface area contributed by atoms with E-state index in [9.17, 15) is 27.5 Å². The summed E-state index contributed by atoms with van der Waals surface area (Å²) in [5.74, 6) is -1.24. The lowest BCUT2D eigenvalue weighted by atomic mass is 9.99. The molecule has 0 spiro atoms. The van der Waals surface area contributed by atoms with E-state index in [1.54, 1.807) is 36.5 Å². The van der Waals surface area contributed by atoms with Crippen LogP contribution < -0.4 is 14.9 Å². The molecule has 6 rings (SSSR count). The summed E-state index contributed by atoms with van der Waals surface area (Å²) in [4.78, 5) is 31.2. The van der Waals surface area contributed by atoms with Crippen LogP contribution in [0.1, 0.15) is 39.3 Å². The van der Waals surface area contributed by atoms with E-state index in [2.05, 4.69) is 20.7 Å². The van der Waals surface area contributed by atoms with Crippen LogP contribution in [0.3, 0.4) is 0 Å². The Kier molecular flexibility index (Phi) is 8.04. The number of fused-ring (bicyclic) bond motifs is 1. The summed E-state index contributed by atoms with van der Waals surface area (Å²) in [5.41, 5.74) is 2.87. The van der Waals surface area contributed by atoms with Crippen LogP contribution in [0.5, 0.6) is 0 Å². The summed E-state index contributed by atoms with van der Waals surface area (Å²) >= 11 is 0. The van der Waals surface area contributed by atoms with Gasteiger partial charge in [-0.2, -0.15) is 5.10 Å². The number of nitrogens with one attached hydrogen (secondary N) is 2. The largest absolute Gasteiger partial charge is 0.394 e. The fourth-order valence-corrected chi connectivity index (χ4v) is 6.47. The standard InChI is InChI=1S/C33H31FN6O5S/c1-35-32(43)29-26-19-25(22-6-5-7-23(18-22)31(42)37-33(13-14-33)28-8-3-4-15-36-28)27(40(16-17-41)46(2,44)45)20-39(26)38-30(29)21-9-11-24(34)12-10-21/h3-12,15,18-20,41H,13-14,16-17H2,1-2H3,(H,35,43)(H,37,42). The highest BCUT2D eigenvalue weighted by molar-refractivity contribution is 7.92. The SMILES string of the molecule is CNC(=O)c1c(-c2ccc(F)cc2)nn2cc(N(CCO)S(C)(=O)=O)c(-c3cccc(C(=O)NC4(c5ccccn5)CC4)c3)cc12. The van der Waals surface area contributed by atoms with Gasteiger partial charge in [0.15, 0.2) is 0 Å². The van der Waals surface area contributed by atoms with Gasteiger partial charge in [0.25, 0.3) is 11.8 Å². The predicted octanol–water partition coefficient (Wildman–Crippen LogP) is 3.74. The van der Waals surface area contributed by atoms with Crippen LogP contribution in [0.2, 0.25) is 0 Å². The average molecular weight is 643 g/mol. The lowest BCUT2D eigenvalue weighted by molar-refractivity contribution is 0.0928. The molecule has 236 valence electrons. The maximum atomic E-state index is 13.7. The number of hydrogen-bond acceptors (Lipinski definition) is 7. The zero-order chi connectivity index (χ0) is 32.6. The van der Waals surface area contributed by atoms with E-state index in [1.807, 2.05) is 18.2 Å². The third-order valence-corrected chi connectivity index (χ3v) is 9.17. The first-order chi connectivity index (χ1) is 22.0. The van der Waals surface area contributed by atoms with Crippen molar-refractivity contribution in [1.29, 1.82) is 0 Å². The number of nitrogens with zero attached hydrogens (tertiary/aromatic N) is 4. The Morgan fingerprint density at radius 3 is 2.41 bits per heavy atom. The number of sulfonamides is 1. The number of aliphatic hydroxyl groups excluding tert-OH is 1. The first-order valence-corrected chi connectivity index (χ1v) is 16.4. The number of aliphatic hydroxyl groups is 1. The minimum atomic E-state index is -3.91. The summed E-state index contributed by atoms with van der Waals surface area (Å²) in [6, 6.07) is 19.4. The van der Waals surface area contributed by atoms with Gasteiger partial charge in [-0.1, -0.05) is 18.2 Å². The van der Waals surface area contributed by atoms with E-state index >= 15 is 0 Å². The molecule has 0 aliphatic heterocycles. The first-order valence-electron chi connectivity index (χ1n) is 14.5. The molecule has 1 fully saturated rings. The van der Waals surface area contributed by atoms with E-state index in [-0.39, 0.29) is 29.4 Å². The molecule has 11 nitrogen and oxygen atoms in total.